The molecule has 37 heavy (non-hydrogen) atoms. The maximum Gasteiger partial charge on any atom is 0.422 e. The van der Waals surface area contributed by atoms with E-state index in [2.05, 4.69) is 25.6 Å². The molecule has 4 heterocycles. The topological polar surface area (TPSA) is 110 Å². The quantitative estimate of drug-likeness (QED) is 0.373. The Morgan fingerprint density at radius 3 is 2.65 bits per heavy atom. The van der Waals surface area contributed by atoms with Crippen LogP contribution in [0.25, 0.3) is 16.9 Å². The lowest BCUT2D eigenvalue weighted by atomic mass is 10.0. The van der Waals surface area contributed by atoms with Crippen LogP contribution in [0.15, 0.2) is 47.4 Å². The van der Waals surface area contributed by atoms with Crippen LogP contribution >= 0.6 is 0 Å². The molecule has 0 saturated carbocycles. The summed E-state index contributed by atoms with van der Waals surface area (Å²) in [6, 6.07) is 9.50. The number of fused-ring (bicyclic) bond motifs is 2. The summed E-state index contributed by atoms with van der Waals surface area (Å²) < 4.78 is 43.2. The molecule has 9 nitrogen and oxygen atoms in total. The molecule has 1 atom stereocenters. The molecular weight excluding hydrogens is 487 g/mol. The lowest BCUT2D eigenvalue weighted by Crippen LogP contribution is -2.40. The molecule has 194 valence electrons. The molecule has 12 heteroatoms. The number of aromatic nitrogens is 5. The van der Waals surface area contributed by atoms with Gasteiger partial charge in [-0.3, -0.25) is 4.79 Å². The first-order valence-corrected chi connectivity index (χ1v) is 11.8. The van der Waals surface area contributed by atoms with Crippen LogP contribution in [0, 0.1) is 0 Å². The van der Waals surface area contributed by atoms with Crippen molar-refractivity contribution in [1.29, 1.82) is 0 Å². The summed E-state index contributed by atoms with van der Waals surface area (Å²) in [6.45, 7) is 5.85. The van der Waals surface area contributed by atoms with Crippen molar-refractivity contribution in [2.24, 2.45) is 0 Å². The number of nitrogens with zero attached hydrogens (tertiary/aromatic N) is 5. The van der Waals surface area contributed by atoms with Gasteiger partial charge < -0.3 is 15.7 Å². The number of rotatable bonds is 5. The van der Waals surface area contributed by atoms with Crippen LogP contribution in [0.3, 0.4) is 0 Å². The van der Waals surface area contributed by atoms with E-state index in [9.17, 15) is 23.1 Å². The number of alkyl halides is 3. The average Bonchev–Trinajstić information content (AvgIpc) is 3.15. The van der Waals surface area contributed by atoms with Crippen LogP contribution in [-0.4, -0.2) is 42.1 Å². The first-order chi connectivity index (χ1) is 17.5. The maximum atomic E-state index is 13.5. The van der Waals surface area contributed by atoms with Gasteiger partial charge in [0, 0.05) is 24.5 Å². The van der Waals surface area contributed by atoms with Crippen molar-refractivity contribution < 1.29 is 18.3 Å². The largest absolute Gasteiger partial charge is 0.422 e. The second-order valence-electron chi connectivity index (χ2n) is 9.47. The highest BCUT2D eigenvalue weighted by molar-refractivity contribution is 5.77. The Hall–Kier alpha value is -3.77. The Labute approximate surface area is 210 Å². The number of halogens is 3. The van der Waals surface area contributed by atoms with Gasteiger partial charge in [0.2, 0.25) is 5.95 Å². The third-order valence-electron chi connectivity index (χ3n) is 6.46. The van der Waals surface area contributed by atoms with Crippen molar-refractivity contribution in [2.45, 2.75) is 51.6 Å². The summed E-state index contributed by atoms with van der Waals surface area (Å²) in [6.07, 6.45) is -2.61. The minimum Gasteiger partial charge on any atom is -0.375 e. The zero-order chi connectivity index (χ0) is 26.5. The number of aliphatic hydroxyl groups is 1. The molecule has 0 amide bonds. The van der Waals surface area contributed by atoms with Gasteiger partial charge in [0.25, 0.3) is 5.56 Å². The van der Waals surface area contributed by atoms with E-state index in [1.165, 1.54) is 33.3 Å². The smallest absolute Gasteiger partial charge is 0.375 e. The van der Waals surface area contributed by atoms with Crippen LogP contribution in [0.1, 0.15) is 43.6 Å². The van der Waals surface area contributed by atoms with E-state index in [4.69, 9.17) is 0 Å². The molecule has 3 aromatic heterocycles. The normalized spacial score (nSPS) is 15.6. The number of hydrogen-bond donors (Lipinski definition) is 3. The molecule has 5 rings (SSSR count). The lowest BCUT2D eigenvalue weighted by molar-refractivity contribution is -0.260. The highest BCUT2D eigenvalue weighted by Gasteiger charge is 2.52. The Morgan fingerprint density at radius 2 is 1.92 bits per heavy atom. The number of pyridine rings is 1. The zero-order valence-electron chi connectivity index (χ0n) is 20.5. The molecular formula is C25H26F3N7O2. The highest BCUT2D eigenvalue weighted by Crippen LogP contribution is 2.37. The molecule has 1 unspecified atom stereocenters. The van der Waals surface area contributed by atoms with E-state index in [1.807, 2.05) is 18.2 Å². The molecule has 3 N–H and O–H groups in total. The minimum atomic E-state index is -4.95. The summed E-state index contributed by atoms with van der Waals surface area (Å²) in [4.78, 5) is 26.1. The molecule has 0 spiro atoms. The second-order valence-corrected chi connectivity index (χ2v) is 9.47. The fourth-order valence-electron chi connectivity index (χ4n) is 4.39. The standard InChI is InChI=1S/C25H26F3N7O2/c1-14(2)34-22(36)18-13-30-23(31-17-8-7-15-9-10-29-12-16(15)11-17)33-21(18)35(34)20-6-4-5-19(32-20)24(3,37)25(26,27)28/h4-8,11,13-14,29,37H,9-10,12H2,1-3H3,(H,30,31,33). The summed E-state index contributed by atoms with van der Waals surface area (Å²) in [5.74, 6) is 0.219. The van der Waals surface area contributed by atoms with Crippen molar-refractivity contribution in [3.05, 3.63) is 69.8 Å². The molecule has 0 radical (unpaired) electrons. The summed E-state index contributed by atoms with van der Waals surface area (Å²) in [7, 11) is 0. The second kappa shape index (κ2) is 8.96. The average molecular weight is 514 g/mol. The molecule has 1 aliphatic rings. The molecule has 0 saturated heterocycles. The van der Waals surface area contributed by atoms with Crippen LogP contribution in [0.2, 0.25) is 0 Å². The van der Waals surface area contributed by atoms with Gasteiger partial charge in [0.15, 0.2) is 17.1 Å². The van der Waals surface area contributed by atoms with E-state index < -0.39 is 23.0 Å². The Bertz CT molecular complexity index is 1540. The third kappa shape index (κ3) is 4.36. The predicted molar refractivity (Wildman–Crippen MR) is 132 cm³/mol. The first kappa shape index (κ1) is 24.9. The van der Waals surface area contributed by atoms with Gasteiger partial charge in [-0.1, -0.05) is 12.1 Å². The number of nitrogens with one attached hydrogen (secondary N) is 2. The van der Waals surface area contributed by atoms with Crippen molar-refractivity contribution in [2.75, 3.05) is 11.9 Å². The van der Waals surface area contributed by atoms with E-state index in [1.54, 1.807) is 13.8 Å². The molecule has 1 aliphatic heterocycles. The van der Waals surface area contributed by atoms with Crippen molar-refractivity contribution in [1.82, 2.24) is 29.6 Å². The third-order valence-corrected chi connectivity index (χ3v) is 6.46. The highest BCUT2D eigenvalue weighted by atomic mass is 19.4. The lowest BCUT2D eigenvalue weighted by Gasteiger charge is -2.26. The number of hydrogen-bond acceptors (Lipinski definition) is 7. The van der Waals surface area contributed by atoms with Crippen LogP contribution in [0.5, 0.6) is 0 Å². The minimum absolute atomic E-state index is 0.00679. The van der Waals surface area contributed by atoms with Crippen LogP contribution in [-0.2, 0) is 18.6 Å². The number of benzene rings is 1. The van der Waals surface area contributed by atoms with Gasteiger partial charge in [-0.25, -0.2) is 19.3 Å². The van der Waals surface area contributed by atoms with Gasteiger partial charge in [-0.15, -0.1) is 0 Å². The van der Waals surface area contributed by atoms with Gasteiger partial charge in [-0.05, 0) is 69.1 Å². The summed E-state index contributed by atoms with van der Waals surface area (Å²) >= 11 is 0. The fourth-order valence-corrected chi connectivity index (χ4v) is 4.39. The SMILES string of the molecule is CC(C)n1c(=O)c2cnc(Nc3ccc4c(c3)CNCC4)nc2n1-c1cccc(C(C)(O)C(F)(F)F)n1. The monoisotopic (exact) mass is 513 g/mol. The number of anilines is 2. The predicted octanol–water partition coefficient (Wildman–Crippen LogP) is 3.72. The van der Waals surface area contributed by atoms with E-state index in [-0.39, 0.29) is 28.8 Å². The maximum absolute atomic E-state index is 13.5. The fraction of sp³-hybridized carbons (Fsp3) is 0.360. The van der Waals surface area contributed by atoms with E-state index in [0.717, 1.165) is 36.8 Å². The van der Waals surface area contributed by atoms with Gasteiger partial charge in [-0.2, -0.15) is 18.2 Å². The Balaban J connectivity index is 1.63. The van der Waals surface area contributed by atoms with Crippen LogP contribution in [0.4, 0.5) is 24.8 Å². The summed E-state index contributed by atoms with van der Waals surface area (Å²) in [5, 5.41) is 16.8. The first-order valence-electron chi connectivity index (χ1n) is 11.8. The van der Waals surface area contributed by atoms with Crippen LogP contribution < -0.4 is 16.2 Å². The molecule has 0 fully saturated rings. The molecule has 4 aromatic rings. The Kier molecular flexibility index (Phi) is 6.03. The van der Waals surface area contributed by atoms with Crippen molar-refractivity contribution in [3.63, 3.8) is 0 Å². The van der Waals surface area contributed by atoms with Crippen molar-refractivity contribution in [3.8, 4) is 5.82 Å². The van der Waals surface area contributed by atoms with Gasteiger partial charge in [0.1, 0.15) is 5.39 Å². The van der Waals surface area contributed by atoms with E-state index >= 15 is 0 Å². The molecule has 0 aliphatic carbocycles. The van der Waals surface area contributed by atoms with Gasteiger partial charge >= 0.3 is 6.18 Å². The zero-order valence-corrected chi connectivity index (χ0v) is 20.5. The molecule has 0 bridgehead atoms. The van der Waals surface area contributed by atoms with Crippen molar-refractivity contribution >= 4 is 22.7 Å². The molecule has 1 aromatic carbocycles. The summed E-state index contributed by atoms with van der Waals surface area (Å²) in [5.41, 5.74) is -0.823. The van der Waals surface area contributed by atoms with Gasteiger partial charge in [0.05, 0.1) is 5.69 Å². The Morgan fingerprint density at radius 1 is 1.14 bits per heavy atom. The van der Waals surface area contributed by atoms with E-state index in [0.29, 0.717) is 6.92 Å².